The van der Waals surface area contributed by atoms with E-state index < -0.39 is 0 Å². The zero-order chi connectivity index (χ0) is 12.5. The van der Waals surface area contributed by atoms with Crippen molar-refractivity contribution in [2.24, 2.45) is 0 Å². The van der Waals surface area contributed by atoms with Gasteiger partial charge in [0.15, 0.2) is 0 Å². The van der Waals surface area contributed by atoms with Crippen molar-refractivity contribution in [2.45, 2.75) is 0 Å². The second kappa shape index (κ2) is 4.71. The molecule has 0 amide bonds. The van der Waals surface area contributed by atoms with E-state index >= 15 is 0 Å². The smallest absolute Gasteiger partial charge is 0.0724 e. The van der Waals surface area contributed by atoms with Crippen molar-refractivity contribution in [3.05, 3.63) is 64.1 Å². The summed E-state index contributed by atoms with van der Waals surface area (Å²) in [6.07, 6.45) is 0. The minimum absolute atomic E-state index is 0.735. The highest BCUT2D eigenvalue weighted by Gasteiger charge is 2.05. The number of benzene rings is 2. The van der Waals surface area contributed by atoms with E-state index in [1.165, 1.54) is 0 Å². The number of para-hydroxylation sites is 1. The summed E-state index contributed by atoms with van der Waals surface area (Å²) in [5, 5.41) is 1.72. The van der Waals surface area contributed by atoms with Gasteiger partial charge in [-0.15, -0.1) is 0 Å². The summed E-state index contributed by atoms with van der Waals surface area (Å²) in [4.78, 5) is 4.64. The van der Waals surface area contributed by atoms with Crippen LogP contribution in [0, 0.1) is 0 Å². The number of rotatable bonds is 1. The first-order chi connectivity index (χ1) is 8.74. The highest BCUT2D eigenvalue weighted by molar-refractivity contribution is 9.10. The predicted molar refractivity (Wildman–Crippen MR) is 79.9 cm³/mol. The molecule has 3 rings (SSSR count). The molecule has 0 atom stereocenters. The van der Waals surface area contributed by atoms with Crippen LogP contribution in [0.5, 0.6) is 0 Å². The molecule has 1 nitrogen and oxygen atoms in total. The summed E-state index contributed by atoms with van der Waals surface area (Å²) in [7, 11) is 0. The van der Waals surface area contributed by atoms with Crippen LogP contribution in [0.4, 0.5) is 0 Å². The molecule has 0 aliphatic carbocycles. The molecule has 1 aromatic heterocycles. The van der Waals surface area contributed by atoms with Crippen LogP contribution in [0.1, 0.15) is 0 Å². The molecular formula is C15H9BrClN. The van der Waals surface area contributed by atoms with Gasteiger partial charge in [-0.1, -0.05) is 57.9 Å². The van der Waals surface area contributed by atoms with Crippen molar-refractivity contribution >= 4 is 38.4 Å². The van der Waals surface area contributed by atoms with E-state index in [0.717, 1.165) is 31.7 Å². The fourth-order valence-corrected chi connectivity index (χ4v) is 2.43. The lowest BCUT2D eigenvalue weighted by Gasteiger charge is -2.05. The van der Waals surface area contributed by atoms with Crippen LogP contribution < -0.4 is 0 Å². The van der Waals surface area contributed by atoms with Crippen LogP contribution in [0.2, 0.25) is 5.02 Å². The van der Waals surface area contributed by atoms with Gasteiger partial charge in [0.2, 0.25) is 0 Å². The van der Waals surface area contributed by atoms with E-state index in [9.17, 15) is 0 Å². The molecule has 0 bridgehead atoms. The average Bonchev–Trinajstić information content (AvgIpc) is 2.39. The topological polar surface area (TPSA) is 12.9 Å². The van der Waals surface area contributed by atoms with Crippen molar-refractivity contribution in [1.29, 1.82) is 0 Å². The summed E-state index contributed by atoms with van der Waals surface area (Å²) >= 11 is 9.72. The SMILES string of the molecule is Clc1cc(-c2ccc(Br)cc2)nc2ccccc12. The van der Waals surface area contributed by atoms with Gasteiger partial charge in [0.05, 0.1) is 16.2 Å². The van der Waals surface area contributed by atoms with Crippen molar-refractivity contribution in [3.63, 3.8) is 0 Å². The van der Waals surface area contributed by atoms with Crippen molar-refractivity contribution in [1.82, 2.24) is 4.98 Å². The molecule has 0 N–H and O–H groups in total. The summed E-state index contributed by atoms with van der Waals surface area (Å²) < 4.78 is 1.05. The lowest BCUT2D eigenvalue weighted by molar-refractivity contribution is 1.40. The number of pyridine rings is 1. The highest BCUT2D eigenvalue weighted by Crippen LogP contribution is 2.28. The van der Waals surface area contributed by atoms with Crippen LogP contribution in [0.15, 0.2) is 59.1 Å². The van der Waals surface area contributed by atoms with Crippen LogP contribution >= 0.6 is 27.5 Å². The van der Waals surface area contributed by atoms with Gasteiger partial charge >= 0.3 is 0 Å². The maximum atomic E-state index is 6.29. The summed E-state index contributed by atoms with van der Waals surface area (Å²) in [5.41, 5.74) is 2.87. The quantitative estimate of drug-likeness (QED) is 0.592. The molecule has 18 heavy (non-hydrogen) atoms. The van der Waals surface area contributed by atoms with Gasteiger partial charge in [0, 0.05) is 15.4 Å². The van der Waals surface area contributed by atoms with Crippen LogP contribution in [-0.4, -0.2) is 4.98 Å². The van der Waals surface area contributed by atoms with Crippen molar-refractivity contribution in [2.75, 3.05) is 0 Å². The first-order valence-electron chi connectivity index (χ1n) is 5.55. The minimum atomic E-state index is 0.735. The van der Waals surface area contributed by atoms with Crippen molar-refractivity contribution < 1.29 is 0 Å². The van der Waals surface area contributed by atoms with Gasteiger partial charge < -0.3 is 0 Å². The van der Waals surface area contributed by atoms with Gasteiger partial charge in [-0.25, -0.2) is 4.98 Å². The fraction of sp³-hybridized carbons (Fsp3) is 0. The van der Waals surface area contributed by atoms with Crippen molar-refractivity contribution in [3.8, 4) is 11.3 Å². The molecule has 0 aliphatic heterocycles. The monoisotopic (exact) mass is 317 g/mol. The lowest BCUT2D eigenvalue weighted by atomic mass is 10.1. The normalized spacial score (nSPS) is 10.8. The molecule has 0 unspecified atom stereocenters. The van der Waals surface area contributed by atoms with Gasteiger partial charge in [0.25, 0.3) is 0 Å². The number of hydrogen-bond acceptors (Lipinski definition) is 1. The number of halogens is 2. The molecule has 3 heteroatoms. The van der Waals surface area contributed by atoms with E-state index in [0.29, 0.717) is 0 Å². The Morgan fingerprint density at radius 3 is 2.44 bits per heavy atom. The Labute approximate surface area is 119 Å². The molecule has 0 aliphatic rings. The molecule has 88 valence electrons. The van der Waals surface area contributed by atoms with E-state index in [2.05, 4.69) is 20.9 Å². The van der Waals surface area contributed by atoms with Gasteiger partial charge in [-0.3, -0.25) is 0 Å². The Balaban J connectivity index is 2.21. The maximum absolute atomic E-state index is 6.29. The number of aromatic nitrogens is 1. The molecule has 2 aromatic carbocycles. The van der Waals surface area contributed by atoms with E-state index in [4.69, 9.17) is 11.6 Å². The summed E-state index contributed by atoms with van der Waals surface area (Å²) in [6.45, 7) is 0. The molecule has 0 saturated heterocycles. The van der Waals surface area contributed by atoms with Gasteiger partial charge in [-0.2, -0.15) is 0 Å². The maximum Gasteiger partial charge on any atom is 0.0724 e. The molecule has 0 spiro atoms. The Kier molecular flexibility index (Phi) is 3.06. The van der Waals surface area contributed by atoms with Gasteiger partial charge in [-0.05, 0) is 24.3 Å². The largest absolute Gasteiger partial charge is 0.248 e. The molecule has 0 fully saturated rings. The van der Waals surface area contributed by atoms with Crippen LogP contribution in [-0.2, 0) is 0 Å². The van der Waals surface area contributed by atoms with Crippen LogP contribution in [0.3, 0.4) is 0 Å². The third-order valence-corrected chi connectivity index (χ3v) is 3.65. The van der Waals surface area contributed by atoms with E-state index in [-0.39, 0.29) is 0 Å². The minimum Gasteiger partial charge on any atom is -0.248 e. The first-order valence-corrected chi connectivity index (χ1v) is 6.72. The second-order valence-electron chi connectivity index (χ2n) is 4.01. The summed E-state index contributed by atoms with van der Waals surface area (Å²) in [5.74, 6) is 0. The predicted octanol–water partition coefficient (Wildman–Crippen LogP) is 5.32. The Morgan fingerprint density at radius 2 is 1.67 bits per heavy atom. The Bertz CT molecular complexity index is 707. The van der Waals surface area contributed by atoms with Gasteiger partial charge in [0.1, 0.15) is 0 Å². The van der Waals surface area contributed by atoms with E-state index in [1.807, 2.05) is 54.6 Å². The Hall–Kier alpha value is -1.38. The third-order valence-electron chi connectivity index (χ3n) is 2.81. The molecule has 1 heterocycles. The molecule has 0 radical (unpaired) electrons. The number of hydrogen-bond donors (Lipinski definition) is 0. The average molecular weight is 319 g/mol. The van der Waals surface area contributed by atoms with E-state index in [1.54, 1.807) is 0 Å². The molecule has 0 saturated carbocycles. The lowest BCUT2D eigenvalue weighted by Crippen LogP contribution is -1.86. The highest BCUT2D eigenvalue weighted by atomic mass is 79.9. The zero-order valence-corrected chi connectivity index (χ0v) is 11.7. The molecular weight excluding hydrogens is 310 g/mol. The third kappa shape index (κ3) is 2.14. The van der Waals surface area contributed by atoms with Crippen LogP contribution in [0.25, 0.3) is 22.2 Å². The Morgan fingerprint density at radius 1 is 0.944 bits per heavy atom. The second-order valence-corrected chi connectivity index (χ2v) is 5.34. The first kappa shape index (κ1) is 11.7. The number of fused-ring (bicyclic) bond motifs is 1. The summed E-state index contributed by atoms with van der Waals surface area (Å²) in [6, 6.07) is 17.9. The molecule has 3 aromatic rings. The number of nitrogens with zero attached hydrogens (tertiary/aromatic N) is 1. The zero-order valence-electron chi connectivity index (χ0n) is 9.40. The standard InChI is InChI=1S/C15H9BrClN/c16-11-7-5-10(6-8-11)15-9-13(17)12-3-1-2-4-14(12)18-15/h1-9H. The fourth-order valence-electron chi connectivity index (χ4n) is 1.90.